The lowest BCUT2D eigenvalue weighted by Crippen LogP contribution is -2.34. The van der Waals surface area contributed by atoms with Gasteiger partial charge in [-0.25, -0.2) is 4.79 Å². The molecule has 1 N–H and O–H groups in total. The summed E-state index contributed by atoms with van der Waals surface area (Å²) in [6, 6.07) is 6.97. The molecule has 160 valence electrons. The van der Waals surface area contributed by atoms with Gasteiger partial charge in [-0.05, 0) is 57.4 Å². The second kappa shape index (κ2) is 9.21. The first-order chi connectivity index (χ1) is 14.2. The second-order valence-electron chi connectivity index (χ2n) is 7.81. The summed E-state index contributed by atoms with van der Waals surface area (Å²) in [6.07, 6.45) is 2.06. The number of amides is 2. The maximum atomic E-state index is 12.8. The molecule has 1 atom stereocenters. The molecule has 0 aliphatic carbocycles. The quantitative estimate of drug-likeness (QED) is 0.784. The van der Waals surface area contributed by atoms with Crippen molar-refractivity contribution in [3.63, 3.8) is 0 Å². The topological polar surface area (TPSA) is 93.5 Å². The molecule has 1 aromatic heterocycles. The van der Waals surface area contributed by atoms with Crippen LogP contribution in [0.3, 0.4) is 0 Å². The van der Waals surface area contributed by atoms with Crippen LogP contribution in [0, 0.1) is 20.8 Å². The standard InChI is InChI=1S/C22H28N4O4/c1-14-7-8-17(21(28)25(4)12-18-6-5-9-30-18)11-19(14)24-20(27)13-26-16(3)10-15(2)23-22(26)29/h7-8,10-11,18H,5-6,9,12-13H2,1-4H3,(H,24,27). The molecule has 0 radical (unpaired) electrons. The third kappa shape index (κ3) is 5.13. The van der Waals surface area contributed by atoms with Gasteiger partial charge in [-0.3, -0.25) is 14.2 Å². The number of nitrogens with zero attached hydrogens (tertiary/aromatic N) is 3. The highest BCUT2D eigenvalue weighted by Gasteiger charge is 2.21. The number of nitrogens with one attached hydrogen (secondary N) is 1. The van der Waals surface area contributed by atoms with Gasteiger partial charge in [-0.15, -0.1) is 0 Å². The molecule has 1 aliphatic rings. The highest BCUT2D eigenvalue weighted by atomic mass is 16.5. The van der Waals surface area contributed by atoms with Crippen molar-refractivity contribution in [3.8, 4) is 0 Å². The maximum Gasteiger partial charge on any atom is 0.348 e. The number of aryl methyl sites for hydroxylation is 3. The summed E-state index contributed by atoms with van der Waals surface area (Å²) in [7, 11) is 1.75. The molecule has 1 aromatic carbocycles. The lowest BCUT2D eigenvalue weighted by atomic mass is 10.1. The molecule has 1 aliphatic heterocycles. The van der Waals surface area contributed by atoms with Crippen molar-refractivity contribution < 1.29 is 14.3 Å². The van der Waals surface area contributed by atoms with Gasteiger partial charge in [0.15, 0.2) is 0 Å². The maximum absolute atomic E-state index is 12.8. The third-order valence-corrected chi connectivity index (χ3v) is 5.25. The zero-order valence-electron chi connectivity index (χ0n) is 17.9. The first-order valence-corrected chi connectivity index (χ1v) is 10.1. The van der Waals surface area contributed by atoms with E-state index in [0.29, 0.717) is 29.2 Å². The number of benzene rings is 1. The van der Waals surface area contributed by atoms with Crippen molar-refractivity contribution in [1.29, 1.82) is 0 Å². The van der Waals surface area contributed by atoms with Crippen molar-refractivity contribution in [2.45, 2.75) is 46.3 Å². The smallest absolute Gasteiger partial charge is 0.348 e. The predicted molar refractivity (Wildman–Crippen MR) is 114 cm³/mol. The van der Waals surface area contributed by atoms with Gasteiger partial charge < -0.3 is 15.0 Å². The molecule has 2 amide bonds. The lowest BCUT2D eigenvalue weighted by Gasteiger charge is -2.21. The summed E-state index contributed by atoms with van der Waals surface area (Å²) in [6.45, 7) is 6.49. The molecule has 8 nitrogen and oxygen atoms in total. The summed E-state index contributed by atoms with van der Waals surface area (Å²) < 4.78 is 6.93. The Morgan fingerprint density at radius 3 is 2.70 bits per heavy atom. The number of carbonyl (C=O) groups excluding carboxylic acids is 2. The number of ether oxygens (including phenoxy) is 1. The molecule has 2 heterocycles. The van der Waals surface area contributed by atoms with Crippen LogP contribution in [0.1, 0.15) is 40.2 Å². The fraction of sp³-hybridized carbons (Fsp3) is 0.455. The molecule has 0 bridgehead atoms. The number of aromatic nitrogens is 2. The van der Waals surface area contributed by atoms with Gasteiger partial charge in [-0.2, -0.15) is 4.98 Å². The zero-order chi connectivity index (χ0) is 21.8. The van der Waals surface area contributed by atoms with Gasteiger partial charge in [0.2, 0.25) is 5.91 Å². The lowest BCUT2D eigenvalue weighted by molar-refractivity contribution is -0.116. The zero-order valence-corrected chi connectivity index (χ0v) is 17.9. The molecule has 3 rings (SSSR count). The molecule has 1 fully saturated rings. The largest absolute Gasteiger partial charge is 0.376 e. The fourth-order valence-corrected chi connectivity index (χ4v) is 3.59. The Kier molecular flexibility index (Phi) is 6.66. The average molecular weight is 412 g/mol. The summed E-state index contributed by atoms with van der Waals surface area (Å²) in [5.41, 5.74) is 2.68. The number of anilines is 1. The highest BCUT2D eigenvalue weighted by Crippen LogP contribution is 2.19. The summed E-state index contributed by atoms with van der Waals surface area (Å²) >= 11 is 0. The minimum absolute atomic E-state index is 0.0771. The highest BCUT2D eigenvalue weighted by molar-refractivity contribution is 5.97. The van der Waals surface area contributed by atoms with Gasteiger partial charge in [-0.1, -0.05) is 6.07 Å². The van der Waals surface area contributed by atoms with E-state index in [2.05, 4.69) is 10.3 Å². The first kappa shape index (κ1) is 21.7. The Hall–Kier alpha value is -3.00. The number of hydrogen-bond acceptors (Lipinski definition) is 5. The van der Waals surface area contributed by atoms with Crippen LogP contribution < -0.4 is 11.0 Å². The molecule has 0 saturated carbocycles. The first-order valence-electron chi connectivity index (χ1n) is 10.1. The fourth-order valence-electron chi connectivity index (χ4n) is 3.59. The molecule has 1 saturated heterocycles. The van der Waals surface area contributed by atoms with Crippen LogP contribution in [-0.2, 0) is 16.1 Å². The van der Waals surface area contributed by atoms with Crippen LogP contribution in [0.25, 0.3) is 0 Å². The average Bonchev–Trinajstić information content (AvgIpc) is 3.18. The van der Waals surface area contributed by atoms with E-state index in [9.17, 15) is 14.4 Å². The van der Waals surface area contributed by atoms with Crippen molar-refractivity contribution >= 4 is 17.5 Å². The van der Waals surface area contributed by atoms with Crippen molar-refractivity contribution in [1.82, 2.24) is 14.5 Å². The molecule has 8 heteroatoms. The number of likely N-dealkylation sites (N-methyl/N-ethyl adjacent to an activating group) is 1. The molecule has 2 aromatic rings. The Morgan fingerprint density at radius 1 is 1.27 bits per heavy atom. The van der Waals surface area contributed by atoms with E-state index in [0.717, 1.165) is 25.0 Å². The van der Waals surface area contributed by atoms with Crippen LogP contribution >= 0.6 is 0 Å². The molecule has 30 heavy (non-hydrogen) atoms. The number of hydrogen-bond donors (Lipinski definition) is 1. The summed E-state index contributed by atoms with van der Waals surface area (Å²) in [5, 5.41) is 2.81. The Bertz CT molecular complexity index is 1010. The number of rotatable bonds is 6. The summed E-state index contributed by atoms with van der Waals surface area (Å²) in [5.74, 6) is -0.484. The van der Waals surface area contributed by atoms with E-state index in [-0.39, 0.29) is 24.5 Å². The Morgan fingerprint density at radius 2 is 2.03 bits per heavy atom. The van der Waals surface area contributed by atoms with Crippen molar-refractivity contribution in [3.05, 3.63) is 57.3 Å². The third-order valence-electron chi connectivity index (χ3n) is 5.25. The van der Waals surface area contributed by atoms with E-state index in [4.69, 9.17) is 4.74 Å². The molecule has 1 unspecified atom stereocenters. The Labute approximate surface area is 175 Å². The van der Waals surface area contributed by atoms with Crippen LogP contribution in [0.4, 0.5) is 5.69 Å². The van der Waals surface area contributed by atoms with Crippen molar-refractivity contribution in [2.24, 2.45) is 0 Å². The Balaban J connectivity index is 1.71. The van der Waals surface area contributed by atoms with E-state index >= 15 is 0 Å². The summed E-state index contributed by atoms with van der Waals surface area (Å²) in [4.78, 5) is 43.0. The van der Waals surface area contributed by atoms with E-state index in [1.54, 1.807) is 50.1 Å². The van der Waals surface area contributed by atoms with Gasteiger partial charge in [0, 0.05) is 42.8 Å². The molecular weight excluding hydrogens is 384 g/mol. The van der Waals surface area contributed by atoms with Crippen LogP contribution in [0.2, 0.25) is 0 Å². The van der Waals surface area contributed by atoms with Crippen LogP contribution in [0.15, 0.2) is 29.1 Å². The minimum atomic E-state index is -0.459. The second-order valence-corrected chi connectivity index (χ2v) is 7.81. The SMILES string of the molecule is Cc1cc(C)n(CC(=O)Nc2cc(C(=O)N(C)CC3CCCO3)ccc2C)c(=O)n1. The normalized spacial score (nSPS) is 15.8. The van der Waals surface area contributed by atoms with Gasteiger partial charge >= 0.3 is 5.69 Å². The van der Waals surface area contributed by atoms with E-state index in [1.807, 2.05) is 6.92 Å². The van der Waals surface area contributed by atoms with Gasteiger partial charge in [0.25, 0.3) is 5.91 Å². The van der Waals surface area contributed by atoms with Crippen LogP contribution in [0.5, 0.6) is 0 Å². The minimum Gasteiger partial charge on any atom is -0.376 e. The van der Waals surface area contributed by atoms with Gasteiger partial charge in [0.05, 0.1) is 6.10 Å². The molecular formula is C22H28N4O4. The number of carbonyl (C=O) groups is 2. The van der Waals surface area contributed by atoms with Crippen molar-refractivity contribution in [2.75, 3.05) is 25.5 Å². The van der Waals surface area contributed by atoms with E-state index < -0.39 is 5.69 Å². The van der Waals surface area contributed by atoms with E-state index in [1.165, 1.54) is 4.57 Å². The monoisotopic (exact) mass is 412 g/mol. The van der Waals surface area contributed by atoms with Gasteiger partial charge in [0.1, 0.15) is 6.54 Å². The predicted octanol–water partition coefficient (Wildman–Crippen LogP) is 2.06. The molecule has 0 spiro atoms. The van der Waals surface area contributed by atoms with Crippen LogP contribution in [-0.4, -0.2) is 52.6 Å².